The molecule has 17 heavy (non-hydrogen) atoms. The fourth-order valence-corrected chi connectivity index (χ4v) is 1.77. The van der Waals surface area contributed by atoms with E-state index in [0.717, 1.165) is 12.1 Å². The summed E-state index contributed by atoms with van der Waals surface area (Å²) in [6, 6.07) is 7.70. The molecule has 0 fully saturated rings. The predicted molar refractivity (Wildman–Crippen MR) is 71.3 cm³/mol. The Hall–Kier alpha value is -1.06. The Kier molecular flexibility index (Phi) is 6.01. The summed E-state index contributed by atoms with van der Waals surface area (Å²) in [6.45, 7) is 5.63. The van der Waals surface area contributed by atoms with E-state index in [1.54, 1.807) is 6.07 Å². The summed E-state index contributed by atoms with van der Waals surface area (Å²) < 4.78 is 0. The van der Waals surface area contributed by atoms with Crippen molar-refractivity contribution in [2.75, 3.05) is 13.1 Å². The molecule has 0 aliphatic heterocycles. The van der Waals surface area contributed by atoms with E-state index in [2.05, 4.69) is 10.6 Å². The summed E-state index contributed by atoms with van der Waals surface area (Å²) >= 11 is 5.99. The van der Waals surface area contributed by atoms with E-state index < -0.39 is 0 Å². The minimum Gasteiger partial charge on any atom is -0.354 e. The maximum atomic E-state index is 11.7. The first-order valence-electron chi connectivity index (χ1n) is 5.87. The average molecular weight is 255 g/mol. The van der Waals surface area contributed by atoms with E-state index in [9.17, 15) is 4.79 Å². The van der Waals surface area contributed by atoms with Crippen LogP contribution in [0.2, 0.25) is 5.02 Å². The van der Waals surface area contributed by atoms with Gasteiger partial charge in [-0.25, -0.2) is 0 Å². The Labute approximate surface area is 108 Å². The van der Waals surface area contributed by atoms with Crippen LogP contribution in [0.25, 0.3) is 0 Å². The Morgan fingerprint density at radius 1 is 1.41 bits per heavy atom. The summed E-state index contributed by atoms with van der Waals surface area (Å²) in [7, 11) is 0. The van der Waals surface area contributed by atoms with Crippen molar-refractivity contribution in [3.8, 4) is 0 Å². The summed E-state index contributed by atoms with van der Waals surface area (Å²) in [5.74, 6) is 0.00264. The topological polar surface area (TPSA) is 41.1 Å². The highest BCUT2D eigenvalue weighted by Gasteiger charge is 2.07. The number of rotatable bonds is 6. The van der Waals surface area contributed by atoms with E-state index in [1.807, 2.05) is 32.0 Å². The van der Waals surface area contributed by atoms with Crippen molar-refractivity contribution in [2.24, 2.45) is 0 Å². The van der Waals surface area contributed by atoms with Crippen LogP contribution in [-0.4, -0.2) is 25.0 Å². The molecule has 4 heteroatoms. The van der Waals surface area contributed by atoms with Gasteiger partial charge < -0.3 is 10.6 Å². The van der Waals surface area contributed by atoms with E-state index in [0.29, 0.717) is 18.0 Å². The zero-order valence-electron chi connectivity index (χ0n) is 10.3. The van der Waals surface area contributed by atoms with Crippen molar-refractivity contribution in [2.45, 2.75) is 26.3 Å². The highest BCUT2D eigenvalue weighted by molar-refractivity contribution is 6.31. The van der Waals surface area contributed by atoms with Crippen molar-refractivity contribution in [3.05, 3.63) is 34.9 Å². The molecule has 0 saturated carbocycles. The molecule has 0 aliphatic rings. The number of nitrogens with one attached hydrogen (secondary N) is 2. The molecule has 1 aromatic carbocycles. The Morgan fingerprint density at radius 3 is 2.76 bits per heavy atom. The van der Waals surface area contributed by atoms with Crippen molar-refractivity contribution in [1.82, 2.24) is 10.6 Å². The summed E-state index contributed by atoms with van der Waals surface area (Å²) in [5, 5.41) is 6.76. The number of likely N-dealkylation sites (N-methyl/N-ethyl adjacent to an activating group) is 1. The first kappa shape index (κ1) is 14.0. The molecule has 1 aromatic rings. The van der Waals surface area contributed by atoms with Gasteiger partial charge in [0.1, 0.15) is 0 Å². The van der Waals surface area contributed by atoms with E-state index in [4.69, 9.17) is 11.6 Å². The third kappa shape index (κ3) is 5.20. The van der Waals surface area contributed by atoms with Gasteiger partial charge in [-0.3, -0.25) is 4.79 Å². The van der Waals surface area contributed by atoms with Crippen LogP contribution in [0.15, 0.2) is 24.3 Å². The summed E-state index contributed by atoms with van der Waals surface area (Å²) in [4.78, 5) is 11.7. The number of benzene rings is 1. The van der Waals surface area contributed by atoms with Gasteiger partial charge in [0, 0.05) is 17.6 Å². The van der Waals surface area contributed by atoms with E-state index in [1.165, 1.54) is 0 Å². The van der Waals surface area contributed by atoms with E-state index >= 15 is 0 Å². The Morgan fingerprint density at radius 2 is 2.12 bits per heavy atom. The van der Waals surface area contributed by atoms with Crippen molar-refractivity contribution < 1.29 is 4.79 Å². The van der Waals surface area contributed by atoms with Crippen LogP contribution >= 0.6 is 11.6 Å². The minimum absolute atomic E-state index is 0.00264. The lowest BCUT2D eigenvalue weighted by molar-refractivity contribution is -0.120. The molecule has 0 saturated heterocycles. The second kappa shape index (κ2) is 7.30. The van der Waals surface area contributed by atoms with Gasteiger partial charge in [-0.15, -0.1) is 0 Å². The van der Waals surface area contributed by atoms with Crippen molar-refractivity contribution >= 4 is 17.5 Å². The second-order valence-electron chi connectivity index (χ2n) is 4.03. The zero-order chi connectivity index (χ0) is 12.7. The van der Waals surface area contributed by atoms with E-state index in [-0.39, 0.29) is 11.9 Å². The van der Waals surface area contributed by atoms with Gasteiger partial charge in [-0.05, 0) is 25.1 Å². The van der Waals surface area contributed by atoms with Crippen LogP contribution in [0.1, 0.15) is 19.4 Å². The van der Waals surface area contributed by atoms with Gasteiger partial charge in [0.25, 0.3) is 0 Å². The molecular formula is C13H19ClN2O. The van der Waals surface area contributed by atoms with Crippen LogP contribution in [0.3, 0.4) is 0 Å². The normalized spacial score (nSPS) is 12.2. The molecule has 0 spiro atoms. The largest absolute Gasteiger partial charge is 0.354 e. The number of hydrogen-bond acceptors (Lipinski definition) is 2. The highest BCUT2D eigenvalue weighted by Crippen LogP contribution is 2.15. The van der Waals surface area contributed by atoms with Crippen molar-refractivity contribution in [3.63, 3.8) is 0 Å². The second-order valence-corrected chi connectivity index (χ2v) is 4.44. The number of carbonyl (C=O) groups excluding carboxylic acids is 1. The molecule has 0 heterocycles. The fourth-order valence-electron chi connectivity index (χ4n) is 1.56. The SMILES string of the molecule is CCN[C@H](C)CNC(=O)Cc1ccccc1Cl. The third-order valence-electron chi connectivity index (χ3n) is 2.47. The maximum absolute atomic E-state index is 11.7. The summed E-state index contributed by atoms with van der Waals surface area (Å²) in [6.07, 6.45) is 0.332. The Balaban J connectivity index is 2.37. The van der Waals surface area contributed by atoms with Crippen LogP contribution in [-0.2, 0) is 11.2 Å². The quantitative estimate of drug-likeness (QED) is 0.815. The highest BCUT2D eigenvalue weighted by atomic mass is 35.5. The number of carbonyl (C=O) groups is 1. The van der Waals surface area contributed by atoms with Gasteiger partial charge in [0.05, 0.1) is 6.42 Å². The molecule has 0 unspecified atom stereocenters. The standard InChI is InChI=1S/C13H19ClN2O/c1-3-15-10(2)9-16-13(17)8-11-6-4-5-7-12(11)14/h4-7,10,15H,3,8-9H2,1-2H3,(H,16,17)/t10-/m1/s1. The van der Waals surface area contributed by atoms with Crippen LogP contribution < -0.4 is 10.6 Å². The first-order valence-corrected chi connectivity index (χ1v) is 6.24. The van der Waals surface area contributed by atoms with Gasteiger partial charge in [-0.2, -0.15) is 0 Å². The van der Waals surface area contributed by atoms with Crippen LogP contribution in [0.4, 0.5) is 0 Å². The molecule has 0 radical (unpaired) electrons. The van der Waals surface area contributed by atoms with Gasteiger partial charge in [0.15, 0.2) is 0 Å². The van der Waals surface area contributed by atoms with Crippen molar-refractivity contribution in [1.29, 1.82) is 0 Å². The molecule has 2 N–H and O–H groups in total. The Bertz CT molecular complexity index is 368. The molecule has 1 rings (SSSR count). The molecular weight excluding hydrogens is 236 g/mol. The van der Waals surface area contributed by atoms with Crippen LogP contribution in [0, 0.1) is 0 Å². The zero-order valence-corrected chi connectivity index (χ0v) is 11.1. The van der Waals surface area contributed by atoms with Gasteiger partial charge in [-0.1, -0.05) is 36.7 Å². The smallest absolute Gasteiger partial charge is 0.224 e. The number of amides is 1. The number of halogens is 1. The van der Waals surface area contributed by atoms with Crippen LogP contribution in [0.5, 0.6) is 0 Å². The number of hydrogen-bond donors (Lipinski definition) is 2. The lowest BCUT2D eigenvalue weighted by atomic mass is 10.1. The first-order chi connectivity index (χ1) is 8.13. The fraction of sp³-hybridized carbons (Fsp3) is 0.462. The molecule has 0 aliphatic carbocycles. The van der Waals surface area contributed by atoms with Gasteiger partial charge >= 0.3 is 0 Å². The molecule has 0 aromatic heterocycles. The minimum atomic E-state index is 0.00264. The third-order valence-corrected chi connectivity index (χ3v) is 2.84. The molecule has 0 bridgehead atoms. The molecule has 1 atom stereocenters. The average Bonchev–Trinajstić information content (AvgIpc) is 2.30. The molecule has 3 nitrogen and oxygen atoms in total. The molecule has 94 valence electrons. The van der Waals surface area contributed by atoms with Gasteiger partial charge in [0.2, 0.25) is 5.91 Å². The maximum Gasteiger partial charge on any atom is 0.224 e. The monoisotopic (exact) mass is 254 g/mol. The predicted octanol–water partition coefficient (Wildman–Crippen LogP) is 2.00. The summed E-state index contributed by atoms with van der Waals surface area (Å²) in [5.41, 5.74) is 0.864. The lowest BCUT2D eigenvalue weighted by Crippen LogP contribution is -2.39. The molecule has 1 amide bonds. The lowest BCUT2D eigenvalue weighted by Gasteiger charge is -2.13.